The number of fused-ring (bicyclic) bond motifs is 1. The molecule has 1 heterocycles. The van der Waals surface area contributed by atoms with Gasteiger partial charge in [-0.1, -0.05) is 11.6 Å². The van der Waals surface area contributed by atoms with Crippen LogP contribution in [-0.2, 0) is 0 Å². The minimum absolute atomic E-state index is 0.233. The average Bonchev–Trinajstić information content (AvgIpc) is 2.49. The van der Waals surface area contributed by atoms with Gasteiger partial charge in [0.15, 0.2) is 0 Å². The lowest BCUT2D eigenvalue weighted by molar-refractivity contribution is 0.0645. The minimum atomic E-state index is -0.255. The first kappa shape index (κ1) is 12.1. The van der Waals surface area contributed by atoms with Crippen molar-refractivity contribution in [3.63, 3.8) is 0 Å². The van der Waals surface area contributed by atoms with Crippen molar-refractivity contribution in [1.29, 1.82) is 0 Å². The highest BCUT2D eigenvalue weighted by molar-refractivity contribution is 6.32. The van der Waals surface area contributed by atoms with Gasteiger partial charge in [-0.15, -0.1) is 0 Å². The summed E-state index contributed by atoms with van der Waals surface area (Å²) in [5.41, 5.74) is 0.847. The fourth-order valence-corrected chi connectivity index (χ4v) is 1.94. The number of hydrogen-bond acceptors (Lipinski definition) is 3. The molecule has 90 valence electrons. The van der Waals surface area contributed by atoms with Crippen LogP contribution in [0.4, 0.5) is 0 Å². The van der Waals surface area contributed by atoms with Crippen LogP contribution in [0.15, 0.2) is 18.2 Å². The molecular weight excluding hydrogens is 240 g/mol. The summed E-state index contributed by atoms with van der Waals surface area (Å²) in [4.78, 5) is 27.2. The molecule has 0 atom stereocenters. The Morgan fingerprint density at radius 2 is 1.82 bits per heavy atom. The van der Waals surface area contributed by atoms with E-state index in [1.165, 1.54) is 4.90 Å². The van der Waals surface area contributed by atoms with Gasteiger partial charge in [-0.3, -0.25) is 14.5 Å². The molecule has 0 spiro atoms. The second-order valence-corrected chi connectivity index (χ2v) is 4.69. The minimum Gasteiger partial charge on any atom is -0.308 e. The molecule has 17 heavy (non-hydrogen) atoms. The van der Waals surface area contributed by atoms with E-state index in [2.05, 4.69) is 0 Å². The predicted octanol–water partition coefficient (Wildman–Crippen LogP) is 1.50. The Bertz CT molecular complexity index is 485. The molecule has 1 aromatic carbocycles. The van der Waals surface area contributed by atoms with Gasteiger partial charge in [0.05, 0.1) is 11.1 Å². The number of hydrogen-bond donors (Lipinski definition) is 0. The van der Waals surface area contributed by atoms with Crippen molar-refractivity contribution in [3.8, 4) is 0 Å². The van der Waals surface area contributed by atoms with Crippen molar-refractivity contribution in [2.24, 2.45) is 0 Å². The van der Waals surface area contributed by atoms with Crippen LogP contribution < -0.4 is 0 Å². The molecule has 0 N–H and O–H groups in total. The van der Waals surface area contributed by atoms with Gasteiger partial charge in [-0.05, 0) is 32.3 Å². The smallest absolute Gasteiger partial charge is 0.261 e. The van der Waals surface area contributed by atoms with Crippen LogP contribution in [-0.4, -0.2) is 48.8 Å². The van der Waals surface area contributed by atoms with Crippen molar-refractivity contribution in [2.75, 3.05) is 27.2 Å². The quantitative estimate of drug-likeness (QED) is 0.766. The zero-order valence-electron chi connectivity index (χ0n) is 9.74. The average molecular weight is 253 g/mol. The number of likely N-dealkylation sites (N-methyl/N-ethyl adjacent to an activating group) is 1. The Labute approximate surface area is 105 Å². The summed E-state index contributed by atoms with van der Waals surface area (Å²) in [7, 11) is 3.80. The Balaban J connectivity index is 2.26. The molecule has 2 rings (SSSR count). The van der Waals surface area contributed by atoms with Crippen LogP contribution >= 0.6 is 11.6 Å². The first-order valence-corrected chi connectivity index (χ1v) is 5.69. The fourth-order valence-electron chi connectivity index (χ4n) is 1.77. The van der Waals surface area contributed by atoms with Crippen molar-refractivity contribution >= 4 is 23.4 Å². The highest BCUT2D eigenvalue weighted by Crippen LogP contribution is 2.25. The number of benzene rings is 1. The fraction of sp³-hybridized carbons (Fsp3) is 0.333. The number of amides is 2. The summed E-state index contributed by atoms with van der Waals surface area (Å²) >= 11 is 5.82. The van der Waals surface area contributed by atoms with Crippen LogP contribution in [0.25, 0.3) is 0 Å². The zero-order chi connectivity index (χ0) is 12.6. The summed E-state index contributed by atoms with van der Waals surface area (Å²) < 4.78 is 0. The highest BCUT2D eigenvalue weighted by Gasteiger charge is 2.35. The van der Waals surface area contributed by atoms with Crippen LogP contribution in [0.3, 0.4) is 0 Å². The van der Waals surface area contributed by atoms with E-state index in [0.29, 0.717) is 29.2 Å². The van der Waals surface area contributed by atoms with E-state index in [9.17, 15) is 9.59 Å². The van der Waals surface area contributed by atoms with Gasteiger partial charge in [0.25, 0.3) is 11.8 Å². The molecule has 0 fully saturated rings. The van der Waals surface area contributed by atoms with Crippen molar-refractivity contribution in [2.45, 2.75) is 0 Å². The van der Waals surface area contributed by atoms with Crippen molar-refractivity contribution in [3.05, 3.63) is 34.3 Å². The molecule has 2 amide bonds. The monoisotopic (exact) mass is 252 g/mol. The van der Waals surface area contributed by atoms with Crippen molar-refractivity contribution in [1.82, 2.24) is 9.80 Å². The first-order valence-electron chi connectivity index (χ1n) is 5.31. The largest absolute Gasteiger partial charge is 0.308 e. The van der Waals surface area contributed by atoms with Gasteiger partial charge < -0.3 is 4.90 Å². The SMILES string of the molecule is CN(C)CCN1C(=O)c2ccc(Cl)cc2C1=O. The number of carbonyl (C=O) groups is 2. The van der Waals surface area contributed by atoms with Gasteiger partial charge in [0, 0.05) is 18.1 Å². The van der Waals surface area contributed by atoms with Gasteiger partial charge in [0.1, 0.15) is 0 Å². The standard InChI is InChI=1S/C12H13ClN2O2/c1-14(2)5-6-15-11(16)9-4-3-8(13)7-10(9)12(15)17/h3-4,7H,5-6H2,1-2H3. The summed E-state index contributed by atoms with van der Waals surface area (Å²) in [5.74, 6) is -0.488. The predicted molar refractivity (Wildman–Crippen MR) is 65.4 cm³/mol. The summed E-state index contributed by atoms with van der Waals surface area (Å²) in [6.07, 6.45) is 0. The lowest BCUT2D eigenvalue weighted by atomic mass is 10.1. The molecule has 0 unspecified atom stereocenters. The van der Waals surface area contributed by atoms with E-state index in [4.69, 9.17) is 11.6 Å². The topological polar surface area (TPSA) is 40.6 Å². The second kappa shape index (κ2) is 4.47. The van der Waals surface area contributed by atoms with Crippen LogP contribution in [0, 0.1) is 0 Å². The third-order valence-electron chi connectivity index (χ3n) is 2.70. The molecule has 0 bridgehead atoms. The molecular formula is C12H13ClN2O2. The lowest BCUT2D eigenvalue weighted by Crippen LogP contribution is -2.35. The molecule has 1 aromatic rings. The molecule has 5 heteroatoms. The summed E-state index contributed by atoms with van der Waals surface area (Å²) in [6.45, 7) is 1.05. The van der Waals surface area contributed by atoms with Crippen LogP contribution in [0.2, 0.25) is 5.02 Å². The van der Waals surface area contributed by atoms with E-state index in [-0.39, 0.29) is 11.8 Å². The molecule has 0 aromatic heterocycles. The van der Waals surface area contributed by atoms with Crippen molar-refractivity contribution < 1.29 is 9.59 Å². The van der Waals surface area contributed by atoms with E-state index in [0.717, 1.165) is 0 Å². The maximum Gasteiger partial charge on any atom is 0.261 e. The summed E-state index contributed by atoms with van der Waals surface area (Å²) in [6, 6.07) is 4.78. The molecule has 0 saturated heterocycles. The number of nitrogens with zero attached hydrogens (tertiary/aromatic N) is 2. The first-order chi connectivity index (χ1) is 8.00. The van der Waals surface area contributed by atoms with Gasteiger partial charge in [-0.25, -0.2) is 0 Å². The number of imide groups is 1. The Morgan fingerprint density at radius 3 is 2.47 bits per heavy atom. The molecule has 0 radical (unpaired) electrons. The Kier molecular flexibility index (Phi) is 3.17. The number of carbonyl (C=O) groups excluding carboxylic acids is 2. The van der Waals surface area contributed by atoms with E-state index < -0.39 is 0 Å². The van der Waals surface area contributed by atoms with Gasteiger partial charge >= 0.3 is 0 Å². The normalized spacial score (nSPS) is 14.7. The Hall–Kier alpha value is -1.39. The third-order valence-corrected chi connectivity index (χ3v) is 2.94. The molecule has 0 aliphatic carbocycles. The van der Waals surface area contributed by atoms with Gasteiger partial charge in [-0.2, -0.15) is 0 Å². The maximum atomic E-state index is 12.0. The van der Waals surface area contributed by atoms with Gasteiger partial charge in [0.2, 0.25) is 0 Å². The molecule has 1 aliphatic rings. The Morgan fingerprint density at radius 1 is 1.18 bits per heavy atom. The molecule has 0 saturated carbocycles. The molecule has 1 aliphatic heterocycles. The lowest BCUT2D eigenvalue weighted by Gasteiger charge is -2.16. The summed E-state index contributed by atoms with van der Waals surface area (Å²) in [5, 5.41) is 0.472. The highest BCUT2D eigenvalue weighted by atomic mass is 35.5. The third kappa shape index (κ3) is 2.18. The second-order valence-electron chi connectivity index (χ2n) is 4.26. The van der Waals surface area contributed by atoms with E-state index >= 15 is 0 Å². The van der Waals surface area contributed by atoms with Crippen LogP contribution in [0.1, 0.15) is 20.7 Å². The number of halogens is 1. The molecule has 4 nitrogen and oxygen atoms in total. The van der Waals surface area contributed by atoms with Crippen LogP contribution in [0.5, 0.6) is 0 Å². The zero-order valence-corrected chi connectivity index (χ0v) is 10.5. The number of rotatable bonds is 3. The maximum absolute atomic E-state index is 12.0. The van der Waals surface area contributed by atoms with E-state index in [1.54, 1.807) is 18.2 Å². The van der Waals surface area contributed by atoms with E-state index in [1.807, 2.05) is 19.0 Å².